The minimum atomic E-state index is -0.0295. The van der Waals surface area contributed by atoms with Crippen LogP contribution in [0.4, 0.5) is 0 Å². The quantitative estimate of drug-likeness (QED) is 0.586. The standard InChI is InChI=1S/C23H39NO/c1-22(2,3)24(18-16-20-12-8-6-9-13-20)19-17-23(4,5)25-21-14-10-7-11-15-21/h6,8-9,12-13,21H,7,10-11,14-19H2,1-5H3. The Morgan fingerprint density at radius 1 is 0.920 bits per heavy atom. The normalized spacial score (nSPS) is 17.2. The third kappa shape index (κ3) is 7.50. The van der Waals surface area contributed by atoms with E-state index in [4.69, 9.17) is 4.74 Å². The van der Waals surface area contributed by atoms with Gasteiger partial charge in [-0.2, -0.15) is 0 Å². The van der Waals surface area contributed by atoms with Crippen molar-refractivity contribution in [2.75, 3.05) is 13.1 Å². The van der Waals surface area contributed by atoms with Gasteiger partial charge in [-0.15, -0.1) is 0 Å². The largest absolute Gasteiger partial charge is 0.372 e. The maximum absolute atomic E-state index is 6.48. The van der Waals surface area contributed by atoms with Crippen molar-refractivity contribution in [3.05, 3.63) is 35.9 Å². The van der Waals surface area contributed by atoms with E-state index in [0.29, 0.717) is 6.10 Å². The van der Waals surface area contributed by atoms with Crippen molar-refractivity contribution in [2.24, 2.45) is 0 Å². The second-order valence-corrected chi connectivity index (χ2v) is 9.28. The van der Waals surface area contributed by atoms with E-state index in [1.807, 2.05) is 0 Å². The fraction of sp³-hybridized carbons (Fsp3) is 0.739. The minimum absolute atomic E-state index is 0.0295. The fourth-order valence-electron chi connectivity index (χ4n) is 3.79. The van der Waals surface area contributed by atoms with Crippen molar-refractivity contribution < 1.29 is 4.74 Å². The Morgan fingerprint density at radius 2 is 1.56 bits per heavy atom. The van der Waals surface area contributed by atoms with Crippen molar-refractivity contribution >= 4 is 0 Å². The molecule has 0 heterocycles. The summed E-state index contributed by atoms with van der Waals surface area (Å²) in [6.45, 7) is 13.7. The molecule has 0 spiro atoms. The minimum Gasteiger partial charge on any atom is -0.372 e. The predicted molar refractivity (Wildman–Crippen MR) is 108 cm³/mol. The zero-order valence-electron chi connectivity index (χ0n) is 17.2. The van der Waals surface area contributed by atoms with Gasteiger partial charge < -0.3 is 4.74 Å². The monoisotopic (exact) mass is 345 g/mol. The molecule has 2 rings (SSSR count). The number of nitrogens with zero attached hydrogens (tertiary/aromatic N) is 1. The van der Waals surface area contributed by atoms with Crippen LogP contribution in [0.5, 0.6) is 0 Å². The molecular weight excluding hydrogens is 306 g/mol. The van der Waals surface area contributed by atoms with Gasteiger partial charge in [0.05, 0.1) is 11.7 Å². The van der Waals surface area contributed by atoms with Gasteiger partial charge in [-0.05, 0) is 65.9 Å². The average molecular weight is 346 g/mol. The van der Waals surface area contributed by atoms with E-state index in [-0.39, 0.29) is 11.1 Å². The number of hydrogen-bond donors (Lipinski definition) is 0. The van der Waals surface area contributed by atoms with Gasteiger partial charge in [0, 0.05) is 18.6 Å². The topological polar surface area (TPSA) is 12.5 Å². The van der Waals surface area contributed by atoms with Crippen molar-refractivity contribution in [2.45, 2.75) is 96.8 Å². The Kier molecular flexibility index (Phi) is 7.51. The molecule has 0 bridgehead atoms. The summed E-state index contributed by atoms with van der Waals surface area (Å²) in [6, 6.07) is 10.8. The average Bonchev–Trinajstić information content (AvgIpc) is 2.55. The van der Waals surface area contributed by atoms with Crippen LogP contribution in [0.3, 0.4) is 0 Å². The SMILES string of the molecule is CC(C)(CCN(CCc1ccccc1)C(C)(C)C)OC1CCCCC1. The molecule has 1 saturated carbocycles. The molecular formula is C23H39NO. The summed E-state index contributed by atoms with van der Waals surface area (Å²) in [5.41, 5.74) is 1.59. The Morgan fingerprint density at radius 3 is 2.16 bits per heavy atom. The highest BCUT2D eigenvalue weighted by molar-refractivity contribution is 5.15. The van der Waals surface area contributed by atoms with Gasteiger partial charge in [-0.25, -0.2) is 0 Å². The first-order valence-electron chi connectivity index (χ1n) is 10.2. The van der Waals surface area contributed by atoms with Gasteiger partial charge in [-0.1, -0.05) is 49.6 Å². The molecule has 1 aromatic rings. The summed E-state index contributed by atoms with van der Waals surface area (Å²) in [5, 5.41) is 0. The second kappa shape index (κ2) is 9.19. The molecule has 1 aromatic carbocycles. The fourth-order valence-corrected chi connectivity index (χ4v) is 3.79. The highest BCUT2D eigenvalue weighted by Crippen LogP contribution is 2.27. The zero-order chi connectivity index (χ0) is 18.3. The Balaban J connectivity index is 1.85. The molecule has 0 amide bonds. The van der Waals surface area contributed by atoms with Crippen molar-refractivity contribution in [1.82, 2.24) is 4.90 Å². The summed E-state index contributed by atoms with van der Waals surface area (Å²) in [6.07, 6.45) is 9.25. The van der Waals surface area contributed by atoms with Gasteiger partial charge >= 0.3 is 0 Å². The first kappa shape index (κ1) is 20.5. The smallest absolute Gasteiger partial charge is 0.0642 e. The van der Waals surface area contributed by atoms with E-state index in [9.17, 15) is 0 Å². The molecule has 2 heteroatoms. The predicted octanol–water partition coefficient (Wildman–Crippen LogP) is 5.85. The number of rotatable bonds is 8. The van der Waals surface area contributed by atoms with Crippen LogP contribution >= 0.6 is 0 Å². The first-order valence-corrected chi connectivity index (χ1v) is 10.2. The first-order chi connectivity index (χ1) is 11.8. The van der Waals surface area contributed by atoms with Crippen LogP contribution in [0.1, 0.15) is 78.7 Å². The molecule has 1 fully saturated rings. The maximum Gasteiger partial charge on any atom is 0.0642 e. The van der Waals surface area contributed by atoms with Crippen molar-refractivity contribution in [3.8, 4) is 0 Å². The van der Waals surface area contributed by atoms with Crippen LogP contribution in [0.15, 0.2) is 30.3 Å². The molecule has 2 nitrogen and oxygen atoms in total. The van der Waals surface area contributed by atoms with Gasteiger partial charge in [0.1, 0.15) is 0 Å². The van der Waals surface area contributed by atoms with Gasteiger partial charge in [0.2, 0.25) is 0 Å². The molecule has 0 unspecified atom stereocenters. The summed E-state index contributed by atoms with van der Waals surface area (Å²) in [5.74, 6) is 0. The number of hydrogen-bond acceptors (Lipinski definition) is 2. The lowest BCUT2D eigenvalue weighted by Crippen LogP contribution is -2.45. The van der Waals surface area contributed by atoms with Crippen LogP contribution in [0.2, 0.25) is 0 Å². The maximum atomic E-state index is 6.48. The van der Waals surface area contributed by atoms with Gasteiger partial charge in [0.15, 0.2) is 0 Å². The highest BCUT2D eigenvalue weighted by Gasteiger charge is 2.28. The molecule has 0 radical (unpaired) electrons. The molecule has 142 valence electrons. The van der Waals surface area contributed by atoms with Crippen LogP contribution in [0, 0.1) is 0 Å². The molecule has 0 aromatic heterocycles. The van der Waals surface area contributed by atoms with E-state index < -0.39 is 0 Å². The van der Waals surface area contributed by atoms with Crippen LogP contribution in [-0.4, -0.2) is 35.2 Å². The lowest BCUT2D eigenvalue weighted by atomic mass is 9.95. The van der Waals surface area contributed by atoms with Gasteiger partial charge in [-0.3, -0.25) is 4.90 Å². The summed E-state index contributed by atoms with van der Waals surface area (Å²) < 4.78 is 6.48. The highest BCUT2D eigenvalue weighted by atomic mass is 16.5. The molecule has 1 aliphatic carbocycles. The number of benzene rings is 1. The molecule has 0 aliphatic heterocycles. The van der Waals surface area contributed by atoms with Crippen LogP contribution in [0.25, 0.3) is 0 Å². The molecule has 0 saturated heterocycles. The van der Waals surface area contributed by atoms with Crippen molar-refractivity contribution in [1.29, 1.82) is 0 Å². The van der Waals surface area contributed by atoms with E-state index in [1.165, 1.54) is 37.7 Å². The third-order valence-electron chi connectivity index (χ3n) is 5.48. The Bertz CT molecular complexity index is 483. The van der Waals surface area contributed by atoms with Gasteiger partial charge in [0.25, 0.3) is 0 Å². The van der Waals surface area contributed by atoms with E-state index in [2.05, 4.69) is 69.9 Å². The Hall–Kier alpha value is -0.860. The molecule has 25 heavy (non-hydrogen) atoms. The Labute approximate surface area is 156 Å². The number of ether oxygens (including phenoxy) is 1. The summed E-state index contributed by atoms with van der Waals surface area (Å²) in [7, 11) is 0. The lowest BCUT2D eigenvalue weighted by Gasteiger charge is -2.39. The zero-order valence-corrected chi connectivity index (χ0v) is 17.2. The summed E-state index contributed by atoms with van der Waals surface area (Å²) >= 11 is 0. The second-order valence-electron chi connectivity index (χ2n) is 9.28. The van der Waals surface area contributed by atoms with Crippen LogP contribution < -0.4 is 0 Å². The molecule has 0 N–H and O–H groups in total. The van der Waals surface area contributed by atoms with Crippen LogP contribution in [-0.2, 0) is 11.2 Å². The third-order valence-corrected chi connectivity index (χ3v) is 5.48. The van der Waals surface area contributed by atoms with E-state index in [1.54, 1.807) is 0 Å². The molecule has 1 aliphatic rings. The van der Waals surface area contributed by atoms with E-state index in [0.717, 1.165) is 25.9 Å². The van der Waals surface area contributed by atoms with E-state index >= 15 is 0 Å². The van der Waals surface area contributed by atoms with Crippen molar-refractivity contribution in [3.63, 3.8) is 0 Å². The lowest BCUT2D eigenvalue weighted by molar-refractivity contribution is -0.0935. The molecule has 0 atom stereocenters. The summed E-state index contributed by atoms with van der Waals surface area (Å²) in [4.78, 5) is 2.62.